The summed E-state index contributed by atoms with van der Waals surface area (Å²) < 4.78 is 0. The maximum absolute atomic E-state index is 8.47. The molecule has 0 aliphatic heterocycles. The van der Waals surface area contributed by atoms with Crippen LogP contribution in [0.3, 0.4) is 0 Å². The molecule has 103 valence electrons. The van der Waals surface area contributed by atoms with Crippen molar-refractivity contribution in [3.8, 4) is 0 Å². The van der Waals surface area contributed by atoms with E-state index in [0.29, 0.717) is 5.92 Å². The van der Waals surface area contributed by atoms with E-state index in [1.54, 1.807) is 0 Å². The van der Waals surface area contributed by atoms with Crippen LogP contribution in [0.15, 0.2) is 16.7 Å². The fraction of sp³-hybridized carbons (Fsp3) is 0.583. The number of nitrogens with one attached hydrogen (secondary N) is 1. The van der Waals surface area contributed by atoms with Crippen LogP contribution in [0.4, 0.5) is 0 Å². The van der Waals surface area contributed by atoms with Gasteiger partial charge in [-0.1, -0.05) is 39.8 Å². The molecule has 0 heterocycles. The maximum atomic E-state index is 8.47. The van der Waals surface area contributed by atoms with Crippen molar-refractivity contribution in [2.24, 2.45) is 5.92 Å². The van der Waals surface area contributed by atoms with Crippen LogP contribution in [0.2, 0.25) is 13.1 Å². The molecule has 1 N–H and O–H groups in total. The Balaban J connectivity index is -0.0000000549. The molecule has 0 aromatic heterocycles. The minimum Gasteiger partial charge on any atom is -1.00 e. The molecule has 6 heteroatoms. The second-order valence-electron chi connectivity index (χ2n) is 3.49. The first-order chi connectivity index (χ1) is 6.95. The van der Waals surface area contributed by atoms with E-state index in [-0.39, 0.29) is 52.9 Å². The Kier molecular flexibility index (Phi) is 34.2. The van der Waals surface area contributed by atoms with E-state index in [1.807, 2.05) is 0 Å². The first-order valence-corrected chi connectivity index (χ1v) is 7.39. The van der Waals surface area contributed by atoms with Crippen LogP contribution >= 0.6 is 0 Å². The summed E-state index contributed by atoms with van der Waals surface area (Å²) in [6.45, 7) is 13.1. The number of hydrogen-bond acceptors (Lipinski definition) is 1. The molecule has 0 saturated carbocycles. The Bertz CT molecular complexity index is 258. The number of carbonyl (C=O) groups is 1. The third-order valence-electron chi connectivity index (χ3n) is 2.24. The zero-order chi connectivity index (χ0) is 12.4. The van der Waals surface area contributed by atoms with Crippen LogP contribution in [0.1, 0.15) is 27.7 Å². The van der Waals surface area contributed by atoms with Crippen molar-refractivity contribution in [3.63, 3.8) is 0 Å². The zero-order valence-electron chi connectivity index (χ0n) is 11.9. The molecule has 0 aromatic carbocycles. The standard InChI is InChI=1S/C9H13.C2H7Si.CH3NO.2ClH.Ti/c1-6-5-7(2)9(4)8(6)3;1-3-2;2-1-3;;;/h6H,1-4H3;3H,1-2H3;1H,(H2,2,3);2*1H;/q-1;;;;;+4/p-3. The summed E-state index contributed by atoms with van der Waals surface area (Å²) in [4.78, 5) is 8.47. The van der Waals surface area contributed by atoms with E-state index in [2.05, 4.69) is 46.9 Å². The van der Waals surface area contributed by atoms with Crippen molar-refractivity contribution in [3.05, 3.63) is 28.5 Å². The SMILES string of the molecule is CC1=[C-]C(C)C(C)=C1C.C[SiH]C.[Cl-].[Cl-].[NH-]C=O.[Ti+4]. The predicted octanol–water partition coefficient (Wildman–Crippen LogP) is -2.56. The van der Waals surface area contributed by atoms with Crippen molar-refractivity contribution < 1.29 is 51.3 Å². The summed E-state index contributed by atoms with van der Waals surface area (Å²) in [7, 11) is 0.750. The minimum absolute atomic E-state index is 0. The molecule has 0 bridgehead atoms. The van der Waals surface area contributed by atoms with E-state index in [9.17, 15) is 0 Å². The quantitative estimate of drug-likeness (QED) is 0.271. The number of amides is 1. The molecule has 18 heavy (non-hydrogen) atoms. The molecule has 1 amide bonds. The third kappa shape index (κ3) is 14.5. The van der Waals surface area contributed by atoms with E-state index in [1.165, 1.54) is 16.7 Å². The van der Waals surface area contributed by atoms with Gasteiger partial charge in [-0.2, -0.15) is 11.1 Å². The number of rotatable bonds is 0. The third-order valence-corrected chi connectivity index (χ3v) is 2.24. The average Bonchev–Trinajstić information content (AvgIpc) is 2.36. The smallest absolute Gasteiger partial charge is 1.00 e. The van der Waals surface area contributed by atoms with Gasteiger partial charge in [-0.25, -0.2) is 5.57 Å². The zero-order valence-corrected chi connectivity index (χ0v) is 16.1. The van der Waals surface area contributed by atoms with Gasteiger partial charge in [0.2, 0.25) is 0 Å². The van der Waals surface area contributed by atoms with Crippen molar-refractivity contribution in [2.75, 3.05) is 0 Å². The van der Waals surface area contributed by atoms with Crippen molar-refractivity contribution in [1.29, 1.82) is 0 Å². The number of halogens is 2. The van der Waals surface area contributed by atoms with Gasteiger partial charge in [0.15, 0.2) is 0 Å². The number of allylic oxidation sites excluding steroid dienone is 4. The van der Waals surface area contributed by atoms with E-state index < -0.39 is 0 Å². The summed E-state index contributed by atoms with van der Waals surface area (Å²) in [5.74, 6) is 0.560. The summed E-state index contributed by atoms with van der Waals surface area (Å²) in [5, 5.41) is 0. The summed E-state index contributed by atoms with van der Waals surface area (Å²) in [6, 6.07) is 0. The van der Waals surface area contributed by atoms with Gasteiger partial charge in [0.05, 0.1) is 0 Å². The number of hydrogen-bond donors (Lipinski definition) is 0. The molecule has 1 unspecified atom stereocenters. The molecule has 1 aliphatic rings. The molecular weight excluding hydrogens is 321 g/mol. The fourth-order valence-electron chi connectivity index (χ4n) is 1.16. The van der Waals surface area contributed by atoms with Gasteiger partial charge < -0.3 is 35.3 Å². The van der Waals surface area contributed by atoms with Crippen molar-refractivity contribution in [2.45, 2.75) is 40.8 Å². The molecule has 0 spiro atoms. The van der Waals surface area contributed by atoms with Crippen LogP contribution < -0.4 is 24.8 Å². The normalized spacial score (nSPS) is 15.2. The molecule has 0 aromatic rings. The van der Waals surface area contributed by atoms with Gasteiger partial charge in [-0.3, -0.25) is 6.08 Å². The Hall–Kier alpha value is 0.461. The predicted molar refractivity (Wildman–Crippen MR) is 69.2 cm³/mol. The van der Waals surface area contributed by atoms with Gasteiger partial charge in [-0.05, 0) is 0 Å². The van der Waals surface area contributed by atoms with E-state index in [0.717, 1.165) is 9.52 Å². The van der Waals surface area contributed by atoms with Gasteiger partial charge in [0.25, 0.3) is 0 Å². The molecule has 1 rings (SSSR count). The van der Waals surface area contributed by atoms with E-state index >= 15 is 0 Å². The average molecular weight is 343 g/mol. The van der Waals surface area contributed by atoms with Gasteiger partial charge >= 0.3 is 21.7 Å². The monoisotopic (exact) mass is 342 g/mol. The van der Waals surface area contributed by atoms with Crippen molar-refractivity contribution >= 4 is 15.9 Å². The Morgan fingerprint density at radius 2 is 1.50 bits per heavy atom. The van der Waals surface area contributed by atoms with Crippen LogP contribution in [-0.2, 0) is 26.5 Å². The Morgan fingerprint density at radius 3 is 1.56 bits per heavy atom. The van der Waals surface area contributed by atoms with Gasteiger partial charge in [-0.15, -0.1) is 6.92 Å². The summed E-state index contributed by atoms with van der Waals surface area (Å²) in [6.07, 6.45) is 3.36. The second-order valence-corrected chi connectivity index (χ2v) is 4.65. The first-order valence-electron chi connectivity index (χ1n) is 5.08. The molecule has 1 radical (unpaired) electrons. The number of carbonyl (C=O) groups excluding carboxylic acids is 1. The molecule has 0 fully saturated rings. The summed E-state index contributed by atoms with van der Waals surface area (Å²) >= 11 is 0. The first kappa shape index (κ1) is 31.1. The maximum Gasteiger partial charge on any atom is 4.00 e. The van der Waals surface area contributed by atoms with Gasteiger partial charge in [0.1, 0.15) is 0 Å². The Morgan fingerprint density at radius 1 is 1.22 bits per heavy atom. The molecule has 2 nitrogen and oxygen atoms in total. The van der Waals surface area contributed by atoms with Crippen LogP contribution in [0.25, 0.3) is 5.73 Å². The van der Waals surface area contributed by atoms with Crippen LogP contribution in [0, 0.1) is 12.0 Å². The Labute approximate surface area is 142 Å². The molecular formula is C12H22Cl2NOSiTi. The second kappa shape index (κ2) is 19.8. The van der Waals surface area contributed by atoms with Crippen LogP contribution in [0.5, 0.6) is 0 Å². The van der Waals surface area contributed by atoms with Crippen molar-refractivity contribution in [1.82, 2.24) is 0 Å². The van der Waals surface area contributed by atoms with Gasteiger partial charge in [0, 0.05) is 15.9 Å². The largest absolute Gasteiger partial charge is 4.00 e. The van der Waals surface area contributed by atoms with Crippen LogP contribution in [-0.4, -0.2) is 15.9 Å². The molecule has 0 saturated heterocycles. The molecule has 1 atom stereocenters. The topological polar surface area (TPSA) is 40.9 Å². The molecule has 1 aliphatic carbocycles. The fourth-order valence-corrected chi connectivity index (χ4v) is 1.16. The minimum atomic E-state index is 0. The van der Waals surface area contributed by atoms with E-state index in [4.69, 9.17) is 10.5 Å². The summed E-state index contributed by atoms with van der Waals surface area (Å²) in [5.41, 5.74) is 9.77.